The molecule has 1 aromatic carbocycles. The number of allylic oxidation sites excluding steroid dienone is 1. The summed E-state index contributed by atoms with van der Waals surface area (Å²) in [6, 6.07) is 4.49. The molecule has 0 bridgehead atoms. The van der Waals surface area contributed by atoms with Crippen molar-refractivity contribution in [3.05, 3.63) is 60.2 Å². The van der Waals surface area contributed by atoms with Gasteiger partial charge in [0.2, 0.25) is 6.33 Å². The molecule has 0 fully saturated rings. The second-order valence-electron chi connectivity index (χ2n) is 5.59. The van der Waals surface area contributed by atoms with Crippen molar-refractivity contribution in [1.82, 2.24) is 4.57 Å². The Balaban J connectivity index is 2.14. The Morgan fingerprint density at radius 2 is 1.85 bits per heavy atom. The number of unbranched alkanes of at least 4 members (excludes halogenated alkanes) is 2. The summed E-state index contributed by atoms with van der Waals surface area (Å²) in [7, 11) is 0. The summed E-state index contributed by atoms with van der Waals surface area (Å²) >= 11 is 0. The van der Waals surface area contributed by atoms with E-state index >= 15 is 0 Å². The van der Waals surface area contributed by atoms with Crippen molar-refractivity contribution >= 4 is 0 Å². The van der Waals surface area contributed by atoms with Crippen molar-refractivity contribution in [2.75, 3.05) is 0 Å². The molecular weight excluding hydrogens is 244 g/mol. The van der Waals surface area contributed by atoms with Crippen LogP contribution in [0, 0.1) is 20.8 Å². The molecule has 0 amide bonds. The van der Waals surface area contributed by atoms with Crippen LogP contribution in [0.1, 0.15) is 36.0 Å². The van der Waals surface area contributed by atoms with Crippen LogP contribution in [0.15, 0.2) is 43.5 Å². The van der Waals surface area contributed by atoms with E-state index in [0.29, 0.717) is 0 Å². The zero-order valence-electron chi connectivity index (χ0n) is 12.9. The maximum Gasteiger partial charge on any atom is 0.248 e. The topological polar surface area (TPSA) is 8.81 Å². The molecule has 2 aromatic rings. The first-order valence-electron chi connectivity index (χ1n) is 7.38. The Kier molecular flexibility index (Phi) is 4.78. The maximum absolute atomic E-state index is 3.76. The Bertz CT molecular complexity index is 570. The fourth-order valence-electron chi connectivity index (χ4n) is 2.82. The van der Waals surface area contributed by atoms with Crippen LogP contribution in [-0.2, 0) is 6.54 Å². The van der Waals surface area contributed by atoms with Crippen molar-refractivity contribution in [2.24, 2.45) is 0 Å². The SMILES string of the molecule is C=CCCCC[n+]1ccn(-c2c(C)cc(C)cc2C)c1. The third-order valence-corrected chi connectivity index (χ3v) is 3.66. The summed E-state index contributed by atoms with van der Waals surface area (Å²) in [5.74, 6) is 0. The summed E-state index contributed by atoms with van der Waals surface area (Å²) in [5.41, 5.74) is 5.29. The van der Waals surface area contributed by atoms with Gasteiger partial charge in [-0.05, 0) is 51.2 Å². The molecule has 0 saturated heterocycles. The number of rotatable bonds is 6. The first kappa shape index (κ1) is 14.6. The molecule has 2 heteroatoms. The van der Waals surface area contributed by atoms with Gasteiger partial charge in [-0.3, -0.25) is 0 Å². The summed E-state index contributed by atoms with van der Waals surface area (Å²) in [5, 5.41) is 0. The van der Waals surface area contributed by atoms with E-state index in [2.05, 4.69) is 67.3 Å². The van der Waals surface area contributed by atoms with Gasteiger partial charge in [0.1, 0.15) is 18.1 Å². The van der Waals surface area contributed by atoms with Crippen LogP contribution in [0.4, 0.5) is 0 Å². The Hall–Kier alpha value is -1.83. The molecule has 2 nitrogen and oxygen atoms in total. The van der Waals surface area contributed by atoms with Gasteiger partial charge < -0.3 is 0 Å². The van der Waals surface area contributed by atoms with Gasteiger partial charge in [0.15, 0.2) is 0 Å². The van der Waals surface area contributed by atoms with Crippen LogP contribution >= 0.6 is 0 Å². The van der Waals surface area contributed by atoms with Crippen molar-refractivity contribution < 1.29 is 4.57 Å². The van der Waals surface area contributed by atoms with Gasteiger partial charge in [0, 0.05) is 0 Å². The molecular formula is C18H25N2+. The normalized spacial score (nSPS) is 10.8. The van der Waals surface area contributed by atoms with Gasteiger partial charge in [0.25, 0.3) is 0 Å². The molecule has 0 atom stereocenters. The highest BCUT2D eigenvalue weighted by Crippen LogP contribution is 2.20. The number of imidazole rings is 1. The number of nitrogens with zero attached hydrogens (tertiary/aromatic N) is 2. The van der Waals surface area contributed by atoms with Crippen molar-refractivity contribution in [3.8, 4) is 5.69 Å². The second-order valence-corrected chi connectivity index (χ2v) is 5.59. The predicted molar refractivity (Wildman–Crippen MR) is 84.2 cm³/mol. The fourth-order valence-corrected chi connectivity index (χ4v) is 2.82. The number of hydrogen-bond donors (Lipinski definition) is 0. The van der Waals surface area contributed by atoms with Gasteiger partial charge >= 0.3 is 0 Å². The molecule has 0 aliphatic heterocycles. The molecule has 2 rings (SSSR count). The largest absolute Gasteiger partial charge is 0.248 e. The smallest absolute Gasteiger partial charge is 0.236 e. The van der Waals surface area contributed by atoms with E-state index in [9.17, 15) is 0 Å². The minimum absolute atomic E-state index is 1.07. The standard InChI is InChI=1S/C18H25N2/c1-5-6-7-8-9-19-10-11-20(14-19)18-16(3)12-15(2)13-17(18)4/h5,10-14H,1,6-9H2,2-4H3/q+1. The van der Waals surface area contributed by atoms with E-state index in [1.807, 2.05) is 6.08 Å². The van der Waals surface area contributed by atoms with Crippen molar-refractivity contribution in [3.63, 3.8) is 0 Å². The first-order valence-corrected chi connectivity index (χ1v) is 7.38. The summed E-state index contributed by atoms with van der Waals surface area (Å²) in [6.07, 6.45) is 12.0. The van der Waals surface area contributed by atoms with Crippen LogP contribution in [0.3, 0.4) is 0 Å². The van der Waals surface area contributed by atoms with Gasteiger partial charge in [0.05, 0.1) is 6.54 Å². The lowest BCUT2D eigenvalue weighted by Gasteiger charge is -2.07. The Labute approximate surface area is 122 Å². The lowest BCUT2D eigenvalue weighted by atomic mass is 10.1. The highest BCUT2D eigenvalue weighted by atomic mass is 15.1. The molecule has 0 aliphatic rings. The quantitative estimate of drug-likeness (QED) is 0.425. The van der Waals surface area contributed by atoms with Crippen molar-refractivity contribution in [2.45, 2.75) is 46.6 Å². The zero-order chi connectivity index (χ0) is 14.5. The van der Waals surface area contributed by atoms with E-state index in [1.165, 1.54) is 35.2 Å². The van der Waals surface area contributed by atoms with E-state index in [-0.39, 0.29) is 0 Å². The molecule has 20 heavy (non-hydrogen) atoms. The lowest BCUT2D eigenvalue weighted by Crippen LogP contribution is -2.30. The minimum atomic E-state index is 1.07. The third kappa shape index (κ3) is 3.38. The number of hydrogen-bond acceptors (Lipinski definition) is 0. The molecule has 0 radical (unpaired) electrons. The summed E-state index contributed by atoms with van der Waals surface area (Å²) in [4.78, 5) is 0. The molecule has 106 valence electrons. The third-order valence-electron chi connectivity index (χ3n) is 3.66. The molecule has 0 spiro atoms. The number of benzene rings is 1. The van der Waals surface area contributed by atoms with Gasteiger partial charge in [-0.2, -0.15) is 0 Å². The van der Waals surface area contributed by atoms with Crippen LogP contribution in [0.25, 0.3) is 5.69 Å². The summed E-state index contributed by atoms with van der Waals surface area (Å²) in [6.45, 7) is 11.4. The Morgan fingerprint density at radius 1 is 1.15 bits per heavy atom. The zero-order valence-corrected chi connectivity index (χ0v) is 12.9. The minimum Gasteiger partial charge on any atom is -0.236 e. The highest BCUT2D eigenvalue weighted by Gasteiger charge is 2.12. The van der Waals surface area contributed by atoms with Crippen LogP contribution in [0.2, 0.25) is 0 Å². The lowest BCUT2D eigenvalue weighted by molar-refractivity contribution is -0.696. The number of aromatic nitrogens is 2. The molecule has 1 aromatic heterocycles. The average molecular weight is 269 g/mol. The first-order chi connectivity index (χ1) is 9.61. The predicted octanol–water partition coefficient (Wildman–Crippen LogP) is 4.05. The van der Waals surface area contributed by atoms with E-state index < -0.39 is 0 Å². The van der Waals surface area contributed by atoms with E-state index in [4.69, 9.17) is 0 Å². The van der Waals surface area contributed by atoms with Crippen LogP contribution in [0.5, 0.6) is 0 Å². The van der Waals surface area contributed by atoms with E-state index in [0.717, 1.165) is 13.0 Å². The molecule has 0 unspecified atom stereocenters. The molecule has 0 aliphatic carbocycles. The van der Waals surface area contributed by atoms with Gasteiger partial charge in [-0.15, -0.1) is 6.58 Å². The number of aryl methyl sites for hydroxylation is 4. The Morgan fingerprint density at radius 3 is 2.50 bits per heavy atom. The van der Waals surface area contributed by atoms with Gasteiger partial charge in [-0.1, -0.05) is 23.8 Å². The molecule has 0 saturated carbocycles. The fraction of sp³-hybridized carbons (Fsp3) is 0.389. The van der Waals surface area contributed by atoms with Crippen LogP contribution in [-0.4, -0.2) is 4.57 Å². The van der Waals surface area contributed by atoms with Gasteiger partial charge in [-0.25, -0.2) is 9.13 Å². The molecule has 1 heterocycles. The maximum atomic E-state index is 3.76. The van der Waals surface area contributed by atoms with Crippen molar-refractivity contribution in [1.29, 1.82) is 0 Å². The average Bonchev–Trinajstić information content (AvgIpc) is 2.82. The van der Waals surface area contributed by atoms with Crippen LogP contribution < -0.4 is 4.57 Å². The monoisotopic (exact) mass is 269 g/mol. The highest BCUT2D eigenvalue weighted by molar-refractivity contribution is 5.48. The van der Waals surface area contributed by atoms with E-state index in [1.54, 1.807) is 0 Å². The second kappa shape index (κ2) is 6.56. The summed E-state index contributed by atoms with van der Waals surface area (Å²) < 4.78 is 4.50. The molecule has 0 N–H and O–H groups in total.